The van der Waals surface area contributed by atoms with Gasteiger partial charge in [-0.25, -0.2) is 0 Å². The van der Waals surface area contributed by atoms with Crippen molar-refractivity contribution in [1.82, 2.24) is 4.90 Å². The number of hydrazone groups is 1. The first kappa shape index (κ1) is 14.8. The Bertz CT molecular complexity index is 587. The Balaban J connectivity index is 1.76. The van der Waals surface area contributed by atoms with Crippen LogP contribution in [0.5, 0.6) is 0 Å². The minimum atomic E-state index is 0.907. The molecular formula is C19H23N3. The van der Waals surface area contributed by atoms with E-state index in [0.29, 0.717) is 0 Å². The molecular weight excluding hydrogens is 270 g/mol. The van der Waals surface area contributed by atoms with Crippen LogP contribution >= 0.6 is 0 Å². The molecule has 1 saturated heterocycles. The highest BCUT2D eigenvalue weighted by Gasteiger charge is 2.14. The molecule has 0 amide bonds. The molecule has 1 aliphatic heterocycles. The number of anilines is 1. The van der Waals surface area contributed by atoms with Crippen molar-refractivity contribution in [2.24, 2.45) is 5.10 Å². The first-order valence-electron chi connectivity index (χ1n) is 8.07. The number of nitrogens with zero attached hydrogens (tertiary/aromatic N) is 2. The molecule has 0 spiro atoms. The Morgan fingerprint density at radius 2 is 1.50 bits per heavy atom. The maximum atomic E-state index is 4.68. The van der Waals surface area contributed by atoms with Gasteiger partial charge in [-0.3, -0.25) is 10.3 Å². The van der Waals surface area contributed by atoms with E-state index in [1.54, 1.807) is 0 Å². The topological polar surface area (TPSA) is 27.6 Å². The summed E-state index contributed by atoms with van der Waals surface area (Å²) in [7, 11) is 0. The fourth-order valence-corrected chi connectivity index (χ4v) is 2.80. The number of benzene rings is 2. The maximum Gasteiger partial charge on any atom is 0.0819 e. The summed E-state index contributed by atoms with van der Waals surface area (Å²) in [5.74, 6) is 0. The van der Waals surface area contributed by atoms with Crippen LogP contribution in [0.3, 0.4) is 0 Å². The fourth-order valence-electron chi connectivity index (χ4n) is 2.80. The first-order valence-corrected chi connectivity index (χ1v) is 8.07. The Morgan fingerprint density at radius 3 is 2.18 bits per heavy atom. The number of likely N-dealkylation sites (tertiary alicyclic amines) is 1. The molecule has 0 aliphatic carbocycles. The molecule has 3 rings (SSSR count). The van der Waals surface area contributed by atoms with Gasteiger partial charge in [0.1, 0.15) is 0 Å². The van der Waals surface area contributed by atoms with Crippen LogP contribution in [-0.4, -0.2) is 30.2 Å². The maximum absolute atomic E-state index is 4.68. The molecule has 3 heteroatoms. The zero-order valence-electron chi connectivity index (χ0n) is 12.9. The van der Waals surface area contributed by atoms with Gasteiger partial charge in [-0.15, -0.1) is 0 Å². The van der Waals surface area contributed by atoms with Crippen molar-refractivity contribution < 1.29 is 0 Å². The molecule has 3 nitrogen and oxygen atoms in total. The fraction of sp³-hybridized carbons (Fsp3) is 0.316. The monoisotopic (exact) mass is 293 g/mol. The third-order valence-corrected chi connectivity index (χ3v) is 4.02. The van der Waals surface area contributed by atoms with Gasteiger partial charge in [-0.05, 0) is 43.6 Å². The minimum Gasteiger partial charge on any atom is -0.297 e. The van der Waals surface area contributed by atoms with Gasteiger partial charge >= 0.3 is 0 Å². The lowest BCUT2D eigenvalue weighted by Gasteiger charge is -2.27. The molecule has 1 aliphatic rings. The van der Waals surface area contributed by atoms with Crippen molar-refractivity contribution in [2.45, 2.75) is 19.3 Å². The number of rotatable bonds is 5. The molecule has 1 N–H and O–H groups in total. The minimum absolute atomic E-state index is 0.907. The summed E-state index contributed by atoms with van der Waals surface area (Å²) in [5, 5.41) is 4.68. The van der Waals surface area contributed by atoms with E-state index in [-0.39, 0.29) is 0 Å². The summed E-state index contributed by atoms with van der Waals surface area (Å²) < 4.78 is 0. The van der Waals surface area contributed by atoms with E-state index in [2.05, 4.69) is 39.7 Å². The summed E-state index contributed by atoms with van der Waals surface area (Å²) in [5.41, 5.74) is 6.51. The third kappa shape index (κ3) is 4.18. The van der Waals surface area contributed by atoms with Crippen molar-refractivity contribution in [1.29, 1.82) is 0 Å². The van der Waals surface area contributed by atoms with Crippen molar-refractivity contribution in [2.75, 3.05) is 25.1 Å². The van der Waals surface area contributed by atoms with Crippen LogP contribution in [0.1, 0.15) is 24.8 Å². The normalized spacial score (nSPS) is 16.5. The highest BCUT2D eigenvalue weighted by Crippen LogP contribution is 2.12. The lowest BCUT2D eigenvalue weighted by atomic mass is 10.1. The van der Waals surface area contributed by atoms with Crippen molar-refractivity contribution in [3.63, 3.8) is 0 Å². The standard InChI is InChI=1S/C19H23N3/c1-4-10-17(11-5-1)19(16-22-14-8-3-9-15-22)21-20-18-12-6-2-7-13-18/h1-2,4-7,10-13,20H,3,8-9,14-16H2/b21-19+. The summed E-state index contributed by atoms with van der Waals surface area (Å²) in [6, 6.07) is 20.6. The van der Waals surface area contributed by atoms with E-state index in [0.717, 1.165) is 17.9 Å². The number of hydrogen-bond donors (Lipinski definition) is 1. The van der Waals surface area contributed by atoms with E-state index in [4.69, 9.17) is 0 Å². The van der Waals surface area contributed by atoms with E-state index >= 15 is 0 Å². The van der Waals surface area contributed by atoms with E-state index in [9.17, 15) is 0 Å². The Hall–Kier alpha value is -2.13. The van der Waals surface area contributed by atoms with Crippen LogP contribution in [0.2, 0.25) is 0 Å². The second-order valence-corrected chi connectivity index (χ2v) is 5.74. The number of nitrogens with one attached hydrogen (secondary N) is 1. The molecule has 2 aromatic carbocycles. The smallest absolute Gasteiger partial charge is 0.0819 e. The van der Waals surface area contributed by atoms with Crippen LogP contribution in [0.15, 0.2) is 65.8 Å². The molecule has 0 atom stereocenters. The summed E-state index contributed by atoms with van der Waals surface area (Å²) in [4.78, 5) is 2.50. The third-order valence-electron chi connectivity index (χ3n) is 4.02. The summed E-state index contributed by atoms with van der Waals surface area (Å²) in [6.45, 7) is 3.26. The van der Waals surface area contributed by atoms with Crippen molar-refractivity contribution in [3.05, 3.63) is 66.2 Å². The molecule has 0 aromatic heterocycles. The molecule has 0 bridgehead atoms. The van der Waals surface area contributed by atoms with Gasteiger partial charge in [0, 0.05) is 6.54 Å². The average Bonchev–Trinajstić information content (AvgIpc) is 2.61. The molecule has 0 radical (unpaired) electrons. The Kier molecular flexibility index (Phi) is 5.22. The van der Waals surface area contributed by atoms with Gasteiger partial charge < -0.3 is 0 Å². The predicted octanol–water partition coefficient (Wildman–Crippen LogP) is 3.99. The Morgan fingerprint density at radius 1 is 0.864 bits per heavy atom. The largest absolute Gasteiger partial charge is 0.297 e. The second kappa shape index (κ2) is 7.76. The van der Waals surface area contributed by atoms with Gasteiger partial charge in [0.2, 0.25) is 0 Å². The molecule has 2 aromatic rings. The van der Waals surface area contributed by atoms with Crippen LogP contribution in [0.25, 0.3) is 0 Å². The van der Waals surface area contributed by atoms with E-state index in [1.807, 2.05) is 36.4 Å². The summed E-state index contributed by atoms with van der Waals surface area (Å²) >= 11 is 0. The predicted molar refractivity (Wildman–Crippen MR) is 93.3 cm³/mol. The van der Waals surface area contributed by atoms with Crippen LogP contribution < -0.4 is 5.43 Å². The molecule has 114 valence electrons. The number of piperidine rings is 1. The van der Waals surface area contributed by atoms with Gasteiger partial charge in [0.05, 0.1) is 11.4 Å². The zero-order valence-corrected chi connectivity index (χ0v) is 12.9. The molecule has 1 heterocycles. The van der Waals surface area contributed by atoms with Gasteiger partial charge in [-0.1, -0.05) is 55.0 Å². The highest BCUT2D eigenvalue weighted by atomic mass is 15.3. The van der Waals surface area contributed by atoms with Gasteiger partial charge in [-0.2, -0.15) is 5.10 Å². The summed E-state index contributed by atoms with van der Waals surface area (Å²) in [6.07, 6.45) is 3.96. The molecule has 22 heavy (non-hydrogen) atoms. The lowest BCUT2D eigenvalue weighted by molar-refractivity contribution is 0.258. The van der Waals surface area contributed by atoms with E-state index < -0.39 is 0 Å². The van der Waals surface area contributed by atoms with Crippen molar-refractivity contribution >= 4 is 11.4 Å². The second-order valence-electron chi connectivity index (χ2n) is 5.74. The van der Waals surface area contributed by atoms with Crippen LogP contribution in [0, 0.1) is 0 Å². The Labute approximate surface area is 132 Å². The van der Waals surface area contributed by atoms with E-state index in [1.165, 1.54) is 37.9 Å². The first-order chi connectivity index (χ1) is 10.9. The van der Waals surface area contributed by atoms with Gasteiger partial charge in [0.25, 0.3) is 0 Å². The molecule has 0 saturated carbocycles. The number of para-hydroxylation sites is 1. The quantitative estimate of drug-likeness (QED) is 0.667. The van der Waals surface area contributed by atoms with Gasteiger partial charge in [0.15, 0.2) is 0 Å². The highest BCUT2D eigenvalue weighted by molar-refractivity contribution is 6.02. The molecule has 1 fully saturated rings. The average molecular weight is 293 g/mol. The number of hydrogen-bond acceptors (Lipinski definition) is 3. The van der Waals surface area contributed by atoms with Crippen molar-refractivity contribution in [3.8, 4) is 0 Å². The van der Waals surface area contributed by atoms with Crippen LogP contribution in [0.4, 0.5) is 5.69 Å². The lowest BCUT2D eigenvalue weighted by Crippen LogP contribution is -2.35. The molecule has 0 unspecified atom stereocenters. The SMILES string of the molecule is c1ccc(N/N=C(\CN2CCCCC2)c2ccccc2)cc1. The van der Waals surface area contributed by atoms with Crippen LogP contribution in [-0.2, 0) is 0 Å². The zero-order chi connectivity index (χ0) is 15.0.